The quantitative estimate of drug-likeness (QED) is 0.888. The molecule has 2 nitrogen and oxygen atoms in total. The third kappa shape index (κ3) is 2.94. The molecule has 0 aliphatic heterocycles. The molecule has 0 fully saturated rings. The number of halogens is 1. The molecule has 0 saturated heterocycles. The van der Waals surface area contributed by atoms with Crippen molar-refractivity contribution in [2.45, 2.75) is 13.0 Å². The predicted octanol–water partition coefficient (Wildman–Crippen LogP) is 4.22. The lowest BCUT2D eigenvalue weighted by molar-refractivity contribution is 0.340. The van der Waals surface area contributed by atoms with Crippen molar-refractivity contribution in [2.24, 2.45) is 0 Å². The summed E-state index contributed by atoms with van der Waals surface area (Å²) in [6, 6.07) is 8.50. The first-order chi connectivity index (χ1) is 8.76. The lowest BCUT2D eigenvalue weighted by atomic mass is 10.0. The van der Waals surface area contributed by atoms with E-state index < -0.39 is 0 Å². The van der Waals surface area contributed by atoms with Gasteiger partial charge in [-0.15, -0.1) is 0 Å². The van der Waals surface area contributed by atoms with Crippen molar-refractivity contribution in [2.75, 3.05) is 13.7 Å². The fourth-order valence-corrected chi connectivity index (χ4v) is 3.21. The highest BCUT2D eigenvalue weighted by Crippen LogP contribution is 2.32. The van der Waals surface area contributed by atoms with E-state index in [9.17, 15) is 0 Å². The van der Waals surface area contributed by atoms with Crippen LogP contribution in [-0.4, -0.2) is 13.7 Å². The number of rotatable bonds is 5. The van der Waals surface area contributed by atoms with Crippen LogP contribution in [0.5, 0.6) is 5.75 Å². The molecule has 1 atom stereocenters. The van der Waals surface area contributed by atoms with Crippen LogP contribution in [0.3, 0.4) is 0 Å². The summed E-state index contributed by atoms with van der Waals surface area (Å²) < 4.78 is 6.57. The van der Waals surface area contributed by atoms with E-state index in [2.05, 4.69) is 44.1 Å². The average molecular weight is 326 g/mol. The molecule has 1 N–H and O–H groups in total. The molecule has 2 rings (SSSR count). The van der Waals surface area contributed by atoms with E-state index in [1.165, 1.54) is 11.1 Å². The molecule has 0 aliphatic rings. The summed E-state index contributed by atoms with van der Waals surface area (Å²) >= 11 is 5.34. The van der Waals surface area contributed by atoms with Crippen molar-refractivity contribution in [3.63, 3.8) is 0 Å². The molecule has 4 heteroatoms. The van der Waals surface area contributed by atoms with Gasteiger partial charge < -0.3 is 10.1 Å². The molecule has 0 radical (unpaired) electrons. The maximum Gasteiger partial charge on any atom is 0.120 e. The zero-order chi connectivity index (χ0) is 13.0. The summed E-state index contributed by atoms with van der Waals surface area (Å²) in [4.78, 5) is 0. The first-order valence-electron chi connectivity index (χ1n) is 5.88. The molecule has 0 saturated carbocycles. The van der Waals surface area contributed by atoms with Crippen LogP contribution in [0.25, 0.3) is 0 Å². The largest absolute Gasteiger partial charge is 0.494 e. The minimum Gasteiger partial charge on any atom is -0.494 e. The summed E-state index contributed by atoms with van der Waals surface area (Å²) in [5.74, 6) is 0.897. The SMILES string of the molecule is CCOc1ccc(C(NC)c2ccsc2)c(Br)c1. The van der Waals surface area contributed by atoms with Gasteiger partial charge in [0.2, 0.25) is 0 Å². The van der Waals surface area contributed by atoms with Crippen molar-refractivity contribution in [3.05, 3.63) is 50.6 Å². The van der Waals surface area contributed by atoms with Crippen molar-refractivity contribution in [1.29, 1.82) is 0 Å². The van der Waals surface area contributed by atoms with Gasteiger partial charge in [0.15, 0.2) is 0 Å². The molecule has 0 amide bonds. The van der Waals surface area contributed by atoms with Gasteiger partial charge in [0, 0.05) is 4.47 Å². The van der Waals surface area contributed by atoms with Gasteiger partial charge in [0.25, 0.3) is 0 Å². The number of nitrogens with one attached hydrogen (secondary N) is 1. The van der Waals surface area contributed by atoms with E-state index in [0.717, 1.165) is 10.2 Å². The second-order valence-electron chi connectivity index (χ2n) is 3.89. The van der Waals surface area contributed by atoms with Gasteiger partial charge in [-0.3, -0.25) is 0 Å². The van der Waals surface area contributed by atoms with Crippen molar-refractivity contribution >= 4 is 27.3 Å². The van der Waals surface area contributed by atoms with E-state index in [0.29, 0.717) is 6.61 Å². The van der Waals surface area contributed by atoms with Crippen molar-refractivity contribution in [3.8, 4) is 5.75 Å². The Bertz CT molecular complexity index is 499. The maximum absolute atomic E-state index is 5.50. The van der Waals surface area contributed by atoms with Crippen LogP contribution < -0.4 is 10.1 Å². The first kappa shape index (κ1) is 13.6. The van der Waals surface area contributed by atoms with Gasteiger partial charge in [0.1, 0.15) is 5.75 Å². The molecule has 1 aromatic carbocycles. The minimum absolute atomic E-state index is 0.210. The highest BCUT2D eigenvalue weighted by Gasteiger charge is 2.15. The van der Waals surface area contributed by atoms with Crippen molar-refractivity contribution < 1.29 is 4.74 Å². The van der Waals surface area contributed by atoms with Gasteiger partial charge in [-0.2, -0.15) is 11.3 Å². The van der Waals surface area contributed by atoms with Gasteiger partial charge >= 0.3 is 0 Å². The van der Waals surface area contributed by atoms with Crippen molar-refractivity contribution in [1.82, 2.24) is 5.32 Å². The second kappa shape index (κ2) is 6.36. The zero-order valence-electron chi connectivity index (χ0n) is 10.4. The standard InChI is InChI=1S/C14H16BrNOS/c1-3-17-11-4-5-12(13(15)8-11)14(16-2)10-6-7-18-9-10/h4-9,14,16H,3H2,1-2H3. The summed E-state index contributed by atoms with van der Waals surface area (Å²) in [5.41, 5.74) is 2.51. The summed E-state index contributed by atoms with van der Waals surface area (Å²) in [7, 11) is 1.98. The Labute approximate surface area is 120 Å². The average Bonchev–Trinajstić information content (AvgIpc) is 2.87. The fourth-order valence-electron chi connectivity index (χ4n) is 1.94. The third-order valence-electron chi connectivity index (χ3n) is 2.76. The van der Waals surface area contributed by atoms with E-state index in [1.54, 1.807) is 11.3 Å². The Hall–Kier alpha value is -0.840. The van der Waals surface area contributed by atoms with Gasteiger partial charge in [0.05, 0.1) is 12.6 Å². The van der Waals surface area contributed by atoms with Crippen LogP contribution in [0.15, 0.2) is 39.5 Å². The van der Waals surface area contributed by atoms with Crippen LogP contribution in [-0.2, 0) is 0 Å². The molecule has 1 unspecified atom stereocenters. The molecule has 1 heterocycles. The molecule has 1 aromatic heterocycles. The molecule has 0 spiro atoms. The van der Waals surface area contributed by atoms with Crippen LogP contribution in [0, 0.1) is 0 Å². The number of thiophene rings is 1. The maximum atomic E-state index is 5.50. The molecular weight excluding hydrogens is 310 g/mol. The van der Waals surface area contributed by atoms with Crippen LogP contribution in [0.4, 0.5) is 0 Å². The lowest BCUT2D eigenvalue weighted by Gasteiger charge is -2.18. The Balaban J connectivity index is 2.32. The van der Waals surface area contributed by atoms with Crippen LogP contribution in [0.1, 0.15) is 24.1 Å². The molecule has 0 aliphatic carbocycles. The highest BCUT2D eigenvalue weighted by molar-refractivity contribution is 9.10. The minimum atomic E-state index is 0.210. The Morgan fingerprint density at radius 2 is 2.22 bits per heavy atom. The third-order valence-corrected chi connectivity index (χ3v) is 4.15. The van der Waals surface area contributed by atoms with Gasteiger partial charge in [-0.25, -0.2) is 0 Å². The van der Waals surface area contributed by atoms with E-state index in [-0.39, 0.29) is 6.04 Å². The molecular formula is C14H16BrNOS. The van der Waals surface area contributed by atoms with Crippen LogP contribution >= 0.6 is 27.3 Å². The summed E-state index contributed by atoms with van der Waals surface area (Å²) in [6.45, 7) is 2.68. The van der Waals surface area contributed by atoms with E-state index in [1.807, 2.05) is 26.1 Å². The van der Waals surface area contributed by atoms with Crippen LogP contribution in [0.2, 0.25) is 0 Å². The molecule has 2 aromatic rings. The molecule has 96 valence electrons. The zero-order valence-corrected chi connectivity index (χ0v) is 12.8. The number of hydrogen-bond acceptors (Lipinski definition) is 3. The topological polar surface area (TPSA) is 21.3 Å². The molecule has 0 bridgehead atoms. The summed E-state index contributed by atoms with van der Waals surface area (Å²) in [5, 5.41) is 7.62. The molecule has 18 heavy (non-hydrogen) atoms. The smallest absolute Gasteiger partial charge is 0.120 e. The van der Waals surface area contributed by atoms with Gasteiger partial charge in [-0.05, 0) is 54.1 Å². The lowest BCUT2D eigenvalue weighted by Crippen LogP contribution is -2.17. The number of benzene rings is 1. The fraction of sp³-hybridized carbons (Fsp3) is 0.286. The first-order valence-corrected chi connectivity index (χ1v) is 7.61. The predicted molar refractivity (Wildman–Crippen MR) is 80.5 cm³/mol. The van der Waals surface area contributed by atoms with Gasteiger partial charge in [-0.1, -0.05) is 22.0 Å². The Morgan fingerprint density at radius 1 is 1.39 bits per heavy atom. The number of hydrogen-bond donors (Lipinski definition) is 1. The van der Waals surface area contributed by atoms with E-state index >= 15 is 0 Å². The monoisotopic (exact) mass is 325 g/mol. The second-order valence-corrected chi connectivity index (χ2v) is 5.53. The Morgan fingerprint density at radius 3 is 2.78 bits per heavy atom. The number of ether oxygens (including phenoxy) is 1. The van der Waals surface area contributed by atoms with E-state index in [4.69, 9.17) is 4.74 Å². The normalized spacial score (nSPS) is 12.4. The summed E-state index contributed by atoms with van der Waals surface area (Å²) in [6.07, 6.45) is 0. The highest BCUT2D eigenvalue weighted by atomic mass is 79.9. The Kier molecular flexibility index (Phi) is 4.80.